The first-order valence-electron chi connectivity index (χ1n) is 8.27. The first-order valence-corrected chi connectivity index (χ1v) is 8.27. The molecule has 1 N–H and O–H groups in total. The van der Waals surface area contributed by atoms with E-state index in [4.69, 9.17) is 4.74 Å². The molecule has 3 nitrogen and oxygen atoms in total. The van der Waals surface area contributed by atoms with Crippen LogP contribution in [0, 0.1) is 5.41 Å². The molecule has 0 aromatic carbocycles. The molecule has 1 aliphatic rings. The Morgan fingerprint density at radius 3 is 2.42 bits per heavy atom. The summed E-state index contributed by atoms with van der Waals surface area (Å²) in [4.78, 5) is 2.64. The minimum atomic E-state index is 0.442. The average molecular weight is 270 g/mol. The standard InChI is InChI=1S/C16H34N2O/c1-4-7-11-18(6-3)15-16(14-17-10-5-2)8-12-19-13-9-16/h17H,4-15H2,1-3H3. The molecule has 0 radical (unpaired) electrons. The van der Waals surface area contributed by atoms with E-state index in [-0.39, 0.29) is 0 Å². The van der Waals surface area contributed by atoms with Crippen LogP contribution in [0.4, 0.5) is 0 Å². The molecule has 1 heterocycles. The van der Waals surface area contributed by atoms with E-state index in [2.05, 4.69) is 31.0 Å². The zero-order valence-corrected chi connectivity index (χ0v) is 13.3. The fourth-order valence-electron chi connectivity index (χ4n) is 2.93. The van der Waals surface area contributed by atoms with Crippen molar-refractivity contribution in [3.63, 3.8) is 0 Å². The van der Waals surface area contributed by atoms with Crippen LogP contribution in [0.25, 0.3) is 0 Å². The van der Waals surface area contributed by atoms with Crippen molar-refractivity contribution in [1.82, 2.24) is 10.2 Å². The van der Waals surface area contributed by atoms with E-state index in [1.54, 1.807) is 0 Å². The fraction of sp³-hybridized carbons (Fsp3) is 1.00. The number of rotatable bonds is 10. The summed E-state index contributed by atoms with van der Waals surface area (Å²) in [5, 5.41) is 3.65. The van der Waals surface area contributed by atoms with Crippen molar-refractivity contribution in [1.29, 1.82) is 0 Å². The van der Waals surface area contributed by atoms with Crippen molar-refractivity contribution in [2.45, 2.75) is 52.9 Å². The van der Waals surface area contributed by atoms with Crippen LogP contribution in [0.2, 0.25) is 0 Å². The van der Waals surface area contributed by atoms with Gasteiger partial charge in [0.15, 0.2) is 0 Å². The Labute approximate surface area is 120 Å². The van der Waals surface area contributed by atoms with E-state index in [0.717, 1.165) is 26.3 Å². The van der Waals surface area contributed by atoms with E-state index in [1.165, 1.54) is 51.7 Å². The SMILES string of the molecule is CCCCN(CC)CC1(CNCCC)CCOCC1. The molecule has 0 aromatic rings. The molecule has 0 spiro atoms. The molecule has 0 aromatic heterocycles. The van der Waals surface area contributed by atoms with Gasteiger partial charge in [-0.3, -0.25) is 0 Å². The van der Waals surface area contributed by atoms with E-state index in [1.807, 2.05) is 0 Å². The van der Waals surface area contributed by atoms with Crippen LogP contribution in [-0.4, -0.2) is 50.8 Å². The maximum atomic E-state index is 5.58. The van der Waals surface area contributed by atoms with Gasteiger partial charge in [0.2, 0.25) is 0 Å². The Balaban J connectivity index is 2.50. The second kappa shape index (κ2) is 9.73. The Kier molecular flexibility index (Phi) is 8.67. The van der Waals surface area contributed by atoms with Crippen LogP contribution in [0.1, 0.15) is 52.9 Å². The molecule has 114 valence electrons. The van der Waals surface area contributed by atoms with E-state index in [9.17, 15) is 0 Å². The summed E-state index contributed by atoms with van der Waals surface area (Å²) in [5.41, 5.74) is 0.442. The number of ether oxygens (including phenoxy) is 1. The third-order valence-corrected chi connectivity index (χ3v) is 4.31. The van der Waals surface area contributed by atoms with Gasteiger partial charge in [-0.05, 0) is 50.7 Å². The monoisotopic (exact) mass is 270 g/mol. The average Bonchev–Trinajstić information content (AvgIpc) is 2.45. The lowest BCUT2D eigenvalue weighted by Crippen LogP contribution is -2.47. The van der Waals surface area contributed by atoms with Crippen molar-refractivity contribution >= 4 is 0 Å². The Hall–Kier alpha value is -0.120. The third kappa shape index (κ3) is 6.24. The molecule has 0 bridgehead atoms. The molecular weight excluding hydrogens is 236 g/mol. The molecule has 0 aliphatic carbocycles. The lowest BCUT2D eigenvalue weighted by atomic mass is 9.79. The van der Waals surface area contributed by atoms with Crippen molar-refractivity contribution in [3.8, 4) is 0 Å². The summed E-state index contributed by atoms with van der Waals surface area (Å²) in [7, 11) is 0. The molecule has 0 saturated carbocycles. The van der Waals surface area contributed by atoms with Crippen molar-refractivity contribution in [2.24, 2.45) is 5.41 Å². The Morgan fingerprint density at radius 2 is 1.84 bits per heavy atom. The highest BCUT2D eigenvalue weighted by Gasteiger charge is 2.33. The highest BCUT2D eigenvalue weighted by atomic mass is 16.5. The summed E-state index contributed by atoms with van der Waals surface area (Å²) in [6.45, 7) is 14.7. The molecule has 1 rings (SSSR count). The number of hydrogen-bond donors (Lipinski definition) is 1. The zero-order chi connectivity index (χ0) is 14.0. The Morgan fingerprint density at radius 1 is 1.11 bits per heavy atom. The predicted molar refractivity (Wildman–Crippen MR) is 82.7 cm³/mol. The van der Waals surface area contributed by atoms with Gasteiger partial charge in [0.05, 0.1) is 0 Å². The lowest BCUT2D eigenvalue weighted by Gasteiger charge is -2.41. The zero-order valence-electron chi connectivity index (χ0n) is 13.3. The van der Waals surface area contributed by atoms with Gasteiger partial charge in [-0.15, -0.1) is 0 Å². The number of nitrogens with one attached hydrogen (secondary N) is 1. The molecule has 1 fully saturated rings. The number of hydrogen-bond acceptors (Lipinski definition) is 3. The highest BCUT2D eigenvalue weighted by molar-refractivity contribution is 4.87. The topological polar surface area (TPSA) is 24.5 Å². The summed E-state index contributed by atoms with van der Waals surface area (Å²) in [6, 6.07) is 0. The quantitative estimate of drug-likeness (QED) is 0.618. The van der Waals surface area contributed by atoms with Crippen LogP contribution in [-0.2, 0) is 4.74 Å². The third-order valence-electron chi connectivity index (χ3n) is 4.31. The van der Waals surface area contributed by atoms with E-state index in [0.29, 0.717) is 5.41 Å². The van der Waals surface area contributed by atoms with Crippen molar-refractivity contribution in [2.75, 3.05) is 45.9 Å². The minimum absolute atomic E-state index is 0.442. The van der Waals surface area contributed by atoms with Gasteiger partial charge in [-0.2, -0.15) is 0 Å². The first-order chi connectivity index (χ1) is 9.26. The maximum absolute atomic E-state index is 5.58. The molecule has 1 aliphatic heterocycles. The van der Waals surface area contributed by atoms with Crippen LogP contribution < -0.4 is 5.32 Å². The minimum Gasteiger partial charge on any atom is -0.381 e. The predicted octanol–water partition coefficient (Wildman–Crippen LogP) is 2.90. The van der Waals surface area contributed by atoms with Gasteiger partial charge < -0.3 is 15.0 Å². The van der Waals surface area contributed by atoms with Crippen LogP contribution in [0.5, 0.6) is 0 Å². The Bertz CT molecular complexity index is 215. The van der Waals surface area contributed by atoms with Gasteiger partial charge in [0.1, 0.15) is 0 Å². The maximum Gasteiger partial charge on any atom is 0.0472 e. The summed E-state index contributed by atoms with van der Waals surface area (Å²) >= 11 is 0. The van der Waals surface area contributed by atoms with Crippen LogP contribution >= 0.6 is 0 Å². The number of nitrogens with zero attached hydrogens (tertiary/aromatic N) is 1. The largest absolute Gasteiger partial charge is 0.381 e. The summed E-state index contributed by atoms with van der Waals surface area (Å²) < 4.78 is 5.58. The van der Waals surface area contributed by atoms with Gasteiger partial charge in [0.25, 0.3) is 0 Å². The smallest absolute Gasteiger partial charge is 0.0472 e. The van der Waals surface area contributed by atoms with E-state index < -0.39 is 0 Å². The molecule has 1 saturated heterocycles. The second-order valence-corrected chi connectivity index (χ2v) is 6.01. The first kappa shape index (κ1) is 16.9. The van der Waals surface area contributed by atoms with Crippen molar-refractivity contribution < 1.29 is 4.74 Å². The molecular formula is C16H34N2O. The number of unbranched alkanes of at least 4 members (excludes halogenated alkanes) is 1. The molecule has 3 heteroatoms. The molecule has 19 heavy (non-hydrogen) atoms. The van der Waals surface area contributed by atoms with Crippen LogP contribution in [0.15, 0.2) is 0 Å². The van der Waals surface area contributed by atoms with Gasteiger partial charge in [-0.25, -0.2) is 0 Å². The normalized spacial score (nSPS) is 18.9. The summed E-state index contributed by atoms with van der Waals surface area (Å²) in [5.74, 6) is 0. The highest BCUT2D eigenvalue weighted by Crippen LogP contribution is 2.31. The van der Waals surface area contributed by atoms with E-state index >= 15 is 0 Å². The molecule has 0 amide bonds. The second-order valence-electron chi connectivity index (χ2n) is 6.01. The van der Waals surface area contributed by atoms with Gasteiger partial charge in [-0.1, -0.05) is 27.2 Å². The lowest BCUT2D eigenvalue weighted by molar-refractivity contribution is -0.00374. The fourth-order valence-corrected chi connectivity index (χ4v) is 2.93. The van der Waals surface area contributed by atoms with Gasteiger partial charge in [0, 0.05) is 26.3 Å². The molecule has 0 unspecified atom stereocenters. The van der Waals surface area contributed by atoms with Gasteiger partial charge >= 0.3 is 0 Å². The van der Waals surface area contributed by atoms with Crippen molar-refractivity contribution in [3.05, 3.63) is 0 Å². The van der Waals surface area contributed by atoms with Crippen LogP contribution in [0.3, 0.4) is 0 Å². The summed E-state index contributed by atoms with van der Waals surface area (Å²) in [6.07, 6.45) is 6.27. The molecule has 0 atom stereocenters.